The van der Waals surface area contributed by atoms with Gasteiger partial charge in [-0.3, -0.25) is 0 Å². The van der Waals surface area contributed by atoms with E-state index in [2.05, 4.69) is 15.8 Å². The summed E-state index contributed by atoms with van der Waals surface area (Å²) in [6, 6.07) is 0. The van der Waals surface area contributed by atoms with Crippen molar-refractivity contribution in [1.82, 2.24) is 0 Å². The van der Waals surface area contributed by atoms with Gasteiger partial charge in [0.05, 0.1) is 0 Å². The molecule has 0 aliphatic heterocycles. The highest BCUT2D eigenvalue weighted by atomic mass is 31.0. The van der Waals surface area contributed by atoms with Gasteiger partial charge in [-0.15, -0.1) is 9.24 Å². The quantitative estimate of drug-likeness (QED) is 0.460. The zero-order valence-electron chi connectivity index (χ0n) is 3.07. The lowest BCUT2D eigenvalue weighted by molar-refractivity contribution is 1.36. The molecule has 1 atom stereocenters. The number of hydrogen-bond donors (Lipinski definition) is 1. The van der Waals surface area contributed by atoms with Crippen LogP contribution >= 0.6 is 9.24 Å². The lowest BCUT2D eigenvalue weighted by atomic mass is 10.6. The second kappa shape index (κ2) is 2.22. The van der Waals surface area contributed by atoms with Gasteiger partial charge >= 0.3 is 0 Å². The Labute approximate surface area is 34.4 Å². The molecule has 0 bridgehead atoms. The smallest absolute Gasteiger partial charge is 0.00460 e. The Morgan fingerprint density at radius 3 is 2.20 bits per heavy atom. The molecule has 0 aliphatic carbocycles. The molecular weight excluding hydrogens is 81.0 g/mol. The predicted molar refractivity (Wildman–Crippen MR) is 27.9 cm³/mol. The second-order valence-electron chi connectivity index (χ2n) is 0.862. The van der Waals surface area contributed by atoms with Crippen molar-refractivity contribution in [3.63, 3.8) is 0 Å². The molecule has 2 N–H and O–H groups in total. The maximum atomic E-state index is 5.08. The summed E-state index contributed by atoms with van der Waals surface area (Å²) in [5.74, 6) is 0. The summed E-state index contributed by atoms with van der Waals surface area (Å²) in [6.07, 6.45) is 0.806. The Balaban J connectivity index is 2.85. The molecule has 0 spiro atoms. The van der Waals surface area contributed by atoms with Crippen LogP contribution in [-0.2, 0) is 0 Å². The van der Waals surface area contributed by atoms with Crippen molar-refractivity contribution in [3.8, 4) is 0 Å². The van der Waals surface area contributed by atoms with E-state index in [9.17, 15) is 0 Å². The topological polar surface area (TPSA) is 26.0 Å². The molecular formula is C3H8NP. The molecule has 1 unspecified atom stereocenters. The number of allylic oxidation sites excluding steroid dienone is 1. The SMILES string of the molecule is C=C(N)CP. The first kappa shape index (κ1) is 4.97. The summed E-state index contributed by atoms with van der Waals surface area (Å²) in [5.41, 5.74) is 5.79. The van der Waals surface area contributed by atoms with Crippen LogP contribution in [0.1, 0.15) is 0 Å². The van der Waals surface area contributed by atoms with Crippen molar-refractivity contribution < 1.29 is 0 Å². The Morgan fingerprint density at radius 1 is 2.00 bits per heavy atom. The molecule has 0 radical (unpaired) electrons. The maximum Gasteiger partial charge on any atom is 0.00460 e. The Bertz CT molecular complexity index is 42.2. The molecule has 1 nitrogen and oxygen atoms in total. The van der Waals surface area contributed by atoms with Crippen molar-refractivity contribution in [3.05, 3.63) is 12.3 Å². The highest BCUT2D eigenvalue weighted by Crippen LogP contribution is 1.82. The lowest BCUT2D eigenvalue weighted by Crippen LogP contribution is -1.92. The van der Waals surface area contributed by atoms with E-state index in [1.807, 2.05) is 0 Å². The number of hydrogen-bond acceptors (Lipinski definition) is 1. The second-order valence-corrected chi connectivity index (χ2v) is 1.27. The molecule has 0 amide bonds. The summed E-state index contributed by atoms with van der Waals surface area (Å²) >= 11 is 0. The van der Waals surface area contributed by atoms with E-state index in [-0.39, 0.29) is 0 Å². The third-order valence-corrected chi connectivity index (χ3v) is 0.787. The van der Waals surface area contributed by atoms with Gasteiger partial charge in [0.15, 0.2) is 0 Å². The third kappa shape index (κ3) is 3.97. The monoisotopic (exact) mass is 89.0 g/mol. The molecule has 30 valence electrons. The van der Waals surface area contributed by atoms with E-state index >= 15 is 0 Å². The molecule has 0 heterocycles. The zero-order valence-corrected chi connectivity index (χ0v) is 4.22. The highest BCUT2D eigenvalue weighted by molar-refractivity contribution is 7.16. The molecule has 0 saturated heterocycles. The molecule has 0 saturated carbocycles. The Morgan fingerprint density at radius 2 is 2.20 bits per heavy atom. The zero-order chi connectivity index (χ0) is 4.28. The normalized spacial score (nSPS) is 7.40. The van der Waals surface area contributed by atoms with Gasteiger partial charge in [0.25, 0.3) is 0 Å². The first-order valence-corrected chi connectivity index (χ1v) is 2.22. The van der Waals surface area contributed by atoms with Gasteiger partial charge in [0.1, 0.15) is 0 Å². The van der Waals surface area contributed by atoms with Crippen LogP contribution in [0, 0.1) is 0 Å². The van der Waals surface area contributed by atoms with Gasteiger partial charge in [0.2, 0.25) is 0 Å². The van der Waals surface area contributed by atoms with Crippen LogP contribution in [0.4, 0.5) is 0 Å². The van der Waals surface area contributed by atoms with Gasteiger partial charge < -0.3 is 5.73 Å². The van der Waals surface area contributed by atoms with Gasteiger partial charge in [-0.1, -0.05) is 6.58 Å². The van der Waals surface area contributed by atoms with Crippen LogP contribution in [0.5, 0.6) is 0 Å². The molecule has 0 aromatic heterocycles. The lowest BCUT2D eigenvalue weighted by Gasteiger charge is -1.81. The fraction of sp³-hybridized carbons (Fsp3) is 0.333. The minimum Gasteiger partial charge on any atom is -0.402 e. The highest BCUT2D eigenvalue weighted by Gasteiger charge is 1.67. The van der Waals surface area contributed by atoms with Crippen LogP contribution in [0.3, 0.4) is 0 Å². The van der Waals surface area contributed by atoms with Crippen LogP contribution in [-0.4, -0.2) is 6.16 Å². The first-order valence-electron chi connectivity index (χ1n) is 1.40. The van der Waals surface area contributed by atoms with Gasteiger partial charge in [0, 0.05) is 11.9 Å². The molecule has 0 rings (SSSR count). The standard InChI is InChI=1S/C3H8NP/c1-3(4)2-5/h1-2,4-5H2. The average molecular weight is 89.1 g/mol. The fourth-order valence-corrected chi connectivity index (χ4v) is 0. The van der Waals surface area contributed by atoms with E-state index in [0.717, 1.165) is 11.9 Å². The van der Waals surface area contributed by atoms with Gasteiger partial charge in [-0.05, 0) is 0 Å². The minimum atomic E-state index is 0.718. The summed E-state index contributed by atoms with van der Waals surface area (Å²) in [7, 11) is 2.47. The van der Waals surface area contributed by atoms with E-state index in [1.165, 1.54) is 0 Å². The summed E-state index contributed by atoms with van der Waals surface area (Å²) in [5, 5.41) is 0. The molecule has 0 fully saturated rings. The Hall–Kier alpha value is -0.0300. The molecule has 5 heavy (non-hydrogen) atoms. The van der Waals surface area contributed by atoms with E-state index in [1.54, 1.807) is 0 Å². The van der Waals surface area contributed by atoms with Gasteiger partial charge in [-0.25, -0.2) is 0 Å². The van der Waals surface area contributed by atoms with Crippen molar-refractivity contribution in [2.75, 3.05) is 6.16 Å². The minimum absolute atomic E-state index is 0.718. The maximum absolute atomic E-state index is 5.08. The van der Waals surface area contributed by atoms with Crippen molar-refractivity contribution in [2.24, 2.45) is 5.73 Å². The van der Waals surface area contributed by atoms with Crippen LogP contribution in [0.15, 0.2) is 12.3 Å². The molecule has 2 heteroatoms. The van der Waals surface area contributed by atoms with E-state index in [4.69, 9.17) is 5.73 Å². The van der Waals surface area contributed by atoms with Crippen LogP contribution < -0.4 is 5.73 Å². The summed E-state index contributed by atoms with van der Waals surface area (Å²) < 4.78 is 0. The molecule has 0 aromatic carbocycles. The third-order valence-electron chi connectivity index (χ3n) is 0.262. The van der Waals surface area contributed by atoms with Crippen LogP contribution in [0.2, 0.25) is 0 Å². The number of nitrogens with two attached hydrogens (primary N) is 1. The van der Waals surface area contributed by atoms with Crippen LogP contribution in [0.25, 0.3) is 0 Å². The van der Waals surface area contributed by atoms with Gasteiger partial charge in [-0.2, -0.15) is 0 Å². The van der Waals surface area contributed by atoms with E-state index < -0.39 is 0 Å². The number of rotatable bonds is 1. The summed E-state index contributed by atoms with van der Waals surface area (Å²) in [6.45, 7) is 3.43. The largest absolute Gasteiger partial charge is 0.402 e. The molecule has 0 aliphatic rings. The predicted octanol–water partition coefficient (Wildman–Crippen LogP) is 0.334. The summed E-state index contributed by atoms with van der Waals surface area (Å²) in [4.78, 5) is 0. The molecule has 0 aromatic rings. The Kier molecular flexibility index (Phi) is 2.21. The van der Waals surface area contributed by atoms with E-state index in [0.29, 0.717) is 0 Å². The van der Waals surface area contributed by atoms with Crippen molar-refractivity contribution >= 4 is 9.24 Å². The van der Waals surface area contributed by atoms with Crippen molar-refractivity contribution in [2.45, 2.75) is 0 Å². The first-order chi connectivity index (χ1) is 2.27. The fourth-order valence-electron chi connectivity index (χ4n) is 0. The van der Waals surface area contributed by atoms with Crippen molar-refractivity contribution in [1.29, 1.82) is 0 Å². The average Bonchev–Trinajstić information content (AvgIpc) is 1.38.